The number of hydrogen-bond donors (Lipinski definition) is 2. The molecule has 2 N–H and O–H groups in total. The molecular weight excluding hydrogens is 406 g/mol. The Morgan fingerprint density at radius 1 is 1.31 bits per heavy atom. The average molecular weight is 440 g/mol. The number of ether oxygens (including phenoxy) is 1. The fourth-order valence-corrected chi connectivity index (χ4v) is 4.76. The van der Waals surface area contributed by atoms with Crippen LogP contribution in [0.15, 0.2) is 12.4 Å². The number of hydrogen-bond acceptors (Lipinski definition) is 6. The molecule has 1 amide bonds. The van der Waals surface area contributed by atoms with E-state index in [0.717, 1.165) is 48.2 Å². The molecule has 2 aliphatic rings. The number of anilines is 1. The van der Waals surface area contributed by atoms with E-state index in [1.807, 2.05) is 40.9 Å². The lowest BCUT2D eigenvalue weighted by atomic mass is 9.82. The summed E-state index contributed by atoms with van der Waals surface area (Å²) >= 11 is 0. The molecule has 1 aliphatic heterocycles. The maximum absolute atomic E-state index is 12.6. The number of esters is 1. The second kappa shape index (κ2) is 8.56. The van der Waals surface area contributed by atoms with Gasteiger partial charge in [-0.25, -0.2) is 4.98 Å². The summed E-state index contributed by atoms with van der Waals surface area (Å²) in [5, 5.41) is 10.8. The fourth-order valence-electron chi connectivity index (χ4n) is 4.76. The van der Waals surface area contributed by atoms with E-state index in [0.29, 0.717) is 24.2 Å². The highest BCUT2D eigenvalue weighted by atomic mass is 16.6. The zero-order chi connectivity index (χ0) is 23.0. The Morgan fingerprint density at radius 3 is 2.75 bits per heavy atom. The van der Waals surface area contributed by atoms with Crippen molar-refractivity contribution in [1.82, 2.24) is 20.1 Å². The van der Waals surface area contributed by atoms with Crippen LogP contribution in [0.4, 0.5) is 5.82 Å². The lowest BCUT2D eigenvalue weighted by molar-refractivity contribution is -0.156. The molecule has 0 unspecified atom stereocenters. The van der Waals surface area contributed by atoms with E-state index in [9.17, 15) is 9.59 Å². The summed E-state index contributed by atoms with van der Waals surface area (Å²) in [6, 6.07) is 0.132. The molecule has 2 aromatic rings. The molecule has 1 aliphatic carbocycles. The number of nitrogens with zero attached hydrogens (tertiary/aromatic N) is 3. The third kappa shape index (κ3) is 4.64. The summed E-state index contributed by atoms with van der Waals surface area (Å²) in [6.07, 6.45) is 8.19. The number of carbonyl (C=O) groups is 2. The van der Waals surface area contributed by atoms with Crippen LogP contribution in [0.3, 0.4) is 0 Å². The maximum Gasteiger partial charge on any atom is 0.306 e. The van der Waals surface area contributed by atoms with Gasteiger partial charge in [0.2, 0.25) is 0 Å². The molecule has 2 aromatic heterocycles. The number of aryl methyl sites for hydroxylation is 1. The minimum atomic E-state index is -0.481. The van der Waals surface area contributed by atoms with E-state index in [2.05, 4.69) is 15.7 Å². The van der Waals surface area contributed by atoms with Crippen molar-refractivity contribution < 1.29 is 14.3 Å². The molecule has 1 fully saturated rings. The van der Waals surface area contributed by atoms with Gasteiger partial charge in [-0.05, 0) is 57.6 Å². The number of rotatable bonds is 5. The highest BCUT2D eigenvalue weighted by Gasteiger charge is 2.32. The van der Waals surface area contributed by atoms with Gasteiger partial charge in [0, 0.05) is 31.4 Å². The molecule has 4 rings (SSSR count). The number of aromatic nitrogens is 3. The summed E-state index contributed by atoms with van der Waals surface area (Å²) in [5.41, 5.74) is 3.58. The molecule has 0 bridgehead atoms. The van der Waals surface area contributed by atoms with Gasteiger partial charge in [-0.15, -0.1) is 0 Å². The molecular formula is C24H33N5O3. The minimum Gasteiger partial charge on any atom is -0.460 e. The summed E-state index contributed by atoms with van der Waals surface area (Å²) in [5.74, 6) is 0.719. The Labute approximate surface area is 189 Å². The van der Waals surface area contributed by atoms with Gasteiger partial charge in [0.05, 0.1) is 23.9 Å². The van der Waals surface area contributed by atoms with E-state index in [4.69, 9.17) is 9.72 Å². The third-order valence-electron chi connectivity index (χ3n) is 6.28. The lowest BCUT2D eigenvalue weighted by Crippen LogP contribution is -2.36. The number of pyridine rings is 1. The van der Waals surface area contributed by atoms with Crippen molar-refractivity contribution in [2.75, 3.05) is 5.32 Å². The van der Waals surface area contributed by atoms with Crippen molar-refractivity contribution in [1.29, 1.82) is 0 Å². The summed E-state index contributed by atoms with van der Waals surface area (Å²) in [4.78, 5) is 30.0. The van der Waals surface area contributed by atoms with Crippen LogP contribution in [0, 0.1) is 12.8 Å². The smallest absolute Gasteiger partial charge is 0.306 e. The van der Waals surface area contributed by atoms with Gasteiger partial charge in [0.15, 0.2) is 0 Å². The van der Waals surface area contributed by atoms with Gasteiger partial charge in [-0.2, -0.15) is 5.10 Å². The molecule has 1 saturated carbocycles. The summed E-state index contributed by atoms with van der Waals surface area (Å²) in [7, 11) is 1.85. The van der Waals surface area contributed by atoms with Crippen molar-refractivity contribution >= 4 is 17.7 Å². The SMILES string of the molecule is Cc1c(N[C@@H]2CCCC[C@@H]2CC(=O)OC(C)(C)C)nc(-c2cnn(C)c2)c2c1CNC2=O. The first-order chi connectivity index (χ1) is 15.1. The van der Waals surface area contributed by atoms with Crippen molar-refractivity contribution in [2.24, 2.45) is 13.0 Å². The molecule has 0 spiro atoms. The first-order valence-electron chi connectivity index (χ1n) is 11.4. The summed E-state index contributed by atoms with van der Waals surface area (Å²) in [6.45, 7) is 8.20. The quantitative estimate of drug-likeness (QED) is 0.689. The van der Waals surface area contributed by atoms with Crippen LogP contribution >= 0.6 is 0 Å². The Hall–Kier alpha value is -2.90. The van der Waals surface area contributed by atoms with E-state index in [-0.39, 0.29) is 23.8 Å². The Bertz CT molecular complexity index is 1040. The van der Waals surface area contributed by atoms with E-state index < -0.39 is 5.60 Å². The van der Waals surface area contributed by atoms with Gasteiger partial charge in [0.25, 0.3) is 5.91 Å². The van der Waals surface area contributed by atoms with E-state index in [1.54, 1.807) is 10.9 Å². The molecule has 0 saturated heterocycles. The van der Waals surface area contributed by atoms with Gasteiger partial charge >= 0.3 is 5.97 Å². The third-order valence-corrected chi connectivity index (χ3v) is 6.28. The van der Waals surface area contributed by atoms with Crippen LogP contribution in [0.2, 0.25) is 0 Å². The van der Waals surface area contributed by atoms with Crippen LogP contribution < -0.4 is 10.6 Å². The minimum absolute atomic E-state index is 0.0959. The van der Waals surface area contributed by atoms with Crippen molar-refractivity contribution in [3.05, 3.63) is 29.1 Å². The van der Waals surface area contributed by atoms with Gasteiger partial charge in [-0.1, -0.05) is 12.8 Å². The predicted molar refractivity (Wildman–Crippen MR) is 122 cm³/mol. The molecule has 0 aromatic carbocycles. The van der Waals surface area contributed by atoms with Crippen LogP contribution in [0.1, 0.15) is 74.4 Å². The number of nitrogens with one attached hydrogen (secondary N) is 2. The molecule has 172 valence electrons. The van der Waals surface area contributed by atoms with Crippen molar-refractivity contribution in [3.63, 3.8) is 0 Å². The van der Waals surface area contributed by atoms with E-state index in [1.165, 1.54) is 0 Å². The van der Waals surface area contributed by atoms with Crippen LogP contribution in [0.25, 0.3) is 11.3 Å². The van der Waals surface area contributed by atoms with Crippen LogP contribution in [0.5, 0.6) is 0 Å². The Morgan fingerprint density at radius 2 is 2.06 bits per heavy atom. The van der Waals surface area contributed by atoms with Crippen LogP contribution in [-0.4, -0.2) is 38.3 Å². The van der Waals surface area contributed by atoms with Gasteiger partial charge in [-0.3, -0.25) is 14.3 Å². The second-order valence-electron chi connectivity index (χ2n) is 9.96. The van der Waals surface area contributed by atoms with Crippen molar-refractivity contribution in [3.8, 4) is 11.3 Å². The Kier molecular flexibility index (Phi) is 5.97. The summed E-state index contributed by atoms with van der Waals surface area (Å²) < 4.78 is 7.29. The van der Waals surface area contributed by atoms with Crippen molar-refractivity contribution in [2.45, 2.75) is 78.0 Å². The average Bonchev–Trinajstić information content (AvgIpc) is 3.30. The highest BCUT2D eigenvalue weighted by molar-refractivity contribution is 6.04. The number of carbonyl (C=O) groups excluding carboxylic acids is 2. The molecule has 0 radical (unpaired) electrons. The molecule has 32 heavy (non-hydrogen) atoms. The van der Waals surface area contributed by atoms with Gasteiger partial charge < -0.3 is 15.4 Å². The standard InChI is InChI=1S/C24H33N5O3/c1-14-17-12-25-23(31)20(17)21(16-11-26-29(5)13-16)28-22(14)27-18-9-7-6-8-15(18)10-19(30)32-24(2,3)4/h11,13,15,18H,6-10,12H2,1-5H3,(H,25,31)(H,27,28)/t15-,18-/m1/s1. The predicted octanol–water partition coefficient (Wildman–Crippen LogP) is 3.74. The molecule has 2 atom stereocenters. The lowest BCUT2D eigenvalue weighted by Gasteiger charge is -2.33. The van der Waals surface area contributed by atoms with Crippen LogP contribution in [-0.2, 0) is 23.1 Å². The number of fused-ring (bicyclic) bond motifs is 1. The monoisotopic (exact) mass is 439 g/mol. The largest absolute Gasteiger partial charge is 0.460 e. The topological polar surface area (TPSA) is 98.1 Å². The van der Waals surface area contributed by atoms with E-state index >= 15 is 0 Å². The molecule has 8 heteroatoms. The van der Waals surface area contributed by atoms with Gasteiger partial charge in [0.1, 0.15) is 11.4 Å². The first-order valence-corrected chi connectivity index (χ1v) is 11.4. The normalized spacial score (nSPS) is 20.6. The molecule has 3 heterocycles. The second-order valence-corrected chi connectivity index (χ2v) is 9.96. The fraction of sp³-hybridized carbons (Fsp3) is 0.583. The maximum atomic E-state index is 12.6. The molecule has 8 nitrogen and oxygen atoms in total. The Balaban J connectivity index is 1.63. The zero-order valence-corrected chi connectivity index (χ0v) is 19.6. The first kappa shape index (κ1) is 22.3. The zero-order valence-electron chi connectivity index (χ0n) is 19.6. The highest BCUT2D eigenvalue weighted by Crippen LogP contribution is 2.36. The number of amides is 1.